The van der Waals surface area contributed by atoms with E-state index in [1.54, 1.807) is 6.20 Å². The molecular formula is C18H19FN6OS. The highest BCUT2D eigenvalue weighted by Crippen LogP contribution is 2.24. The van der Waals surface area contributed by atoms with Gasteiger partial charge in [-0.3, -0.25) is 9.78 Å². The molecule has 1 aliphatic rings. The smallest absolute Gasteiger partial charge is 0.271 e. The number of carbonyl (C=O) groups is 1. The van der Waals surface area contributed by atoms with Crippen molar-refractivity contribution in [3.8, 4) is 0 Å². The first-order chi connectivity index (χ1) is 13.2. The molecule has 3 aromatic rings. The lowest BCUT2D eigenvalue weighted by Gasteiger charge is -2.12. The van der Waals surface area contributed by atoms with Crippen molar-refractivity contribution < 1.29 is 9.18 Å². The van der Waals surface area contributed by atoms with E-state index in [2.05, 4.69) is 30.9 Å². The van der Waals surface area contributed by atoms with Crippen LogP contribution in [0.1, 0.15) is 28.9 Å². The van der Waals surface area contributed by atoms with Crippen molar-refractivity contribution in [1.82, 2.24) is 25.6 Å². The van der Waals surface area contributed by atoms with Gasteiger partial charge in [0.15, 0.2) is 5.69 Å². The Bertz CT molecular complexity index is 956. The molecule has 1 unspecified atom stereocenters. The maximum atomic E-state index is 13.3. The monoisotopic (exact) mass is 386 g/mol. The van der Waals surface area contributed by atoms with Gasteiger partial charge in [0.25, 0.3) is 5.91 Å². The van der Waals surface area contributed by atoms with Crippen LogP contribution in [0.4, 0.5) is 10.3 Å². The van der Waals surface area contributed by atoms with Crippen molar-refractivity contribution in [2.75, 3.05) is 18.4 Å². The van der Waals surface area contributed by atoms with Crippen LogP contribution in [0.3, 0.4) is 0 Å². The summed E-state index contributed by atoms with van der Waals surface area (Å²) < 4.78 is 14.0. The second-order valence-electron chi connectivity index (χ2n) is 6.40. The summed E-state index contributed by atoms with van der Waals surface area (Å²) >= 11 is 1.44. The van der Waals surface area contributed by atoms with E-state index in [4.69, 9.17) is 0 Å². The Hall–Kier alpha value is -2.65. The van der Waals surface area contributed by atoms with E-state index >= 15 is 0 Å². The molecule has 3 N–H and O–H groups in total. The number of pyridine rings is 1. The van der Waals surface area contributed by atoms with Crippen molar-refractivity contribution in [2.24, 2.45) is 0 Å². The lowest BCUT2D eigenvalue weighted by atomic mass is 10.2. The molecule has 0 aromatic carbocycles. The topological polar surface area (TPSA) is 91.8 Å². The maximum absolute atomic E-state index is 13.3. The average Bonchev–Trinajstić information content (AvgIpc) is 3.35. The van der Waals surface area contributed by atoms with Gasteiger partial charge >= 0.3 is 0 Å². The normalized spacial score (nSPS) is 16.6. The van der Waals surface area contributed by atoms with Crippen LogP contribution in [0, 0.1) is 5.82 Å². The van der Waals surface area contributed by atoms with Crippen molar-refractivity contribution >= 4 is 33.4 Å². The molecule has 4 rings (SSSR count). The van der Waals surface area contributed by atoms with Gasteiger partial charge in [-0.1, -0.05) is 0 Å². The summed E-state index contributed by atoms with van der Waals surface area (Å²) in [6.45, 7) is 1.88. The van der Waals surface area contributed by atoms with Crippen molar-refractivity contribution in [1.29, 1.82) is 0 Å². The van der Waals surface area contributed by atoms with Gasteiger partial charge in [0, 0.05) is 25.3 Å². The van der Waals surface area contributed by atoms with Crippen LogP contribution in [-0.2, 0) is 6.54 Å². The highest BCUT2D eigenvalue weighted by molar-refractivity contribution is 7.17. The number of carbonyl (C=O) groups excluding carboxylic acids is 1. The van der Waals surface area contributed by atoms with Crippen LogP contribution in [0.25, 0.3) is 10.2 Å². The highest BCUT2D eigenvalue weighted by Gasteiger charge is 2.19. The van der Waals surface area contributed by atoms with E-state index in [9.17, 15) is 9.18 Å². The summed E-state index contributed by atoms with van der Waals surface area (Å²) in [5.74, 6) is -0.285. The summed E-state index contributed by atoms with van der Waals surface area (Å²) in [6.07, 6.45) is 4.92. The molecule has 7 nitrogen and oxygen atoms in total. The Labute approximate surface area is 159 Å². The second kappa shape index (κ2) is 7.93. The van der Waals surface area contributed by atoms with Crippen molar-refractivity contribution in [3.05, 3.63) is 47.0 Å². The predicted molar refractivity (Wildman–Crippen MR) is 102 cm³/mol. The summed E-state index contributed by atoms with van der Waals surface area (Å²) in [7, 11) is 0. The predicted octanol–water partition coefficient (Wildman–Crippen LogP) is 2.32. The summed E-state index contributed by atoms with van der Waals surface area (Å²) in [4.78, 5) is 25.3. The third-order valence-corrected chi connectivity index (χ3v) is 5.31. The zero-order valence-electron chi connectivity index (χ0n) is 14.5. The van der Waals surface area contributed by atoms with Gasteiger partial charge in [0.2, 0.25) is 5.95 Å². The first-order valence-corrected chi connectivity index (χ1v) is 9.67. The number of hydrogen-bond donors (Lipinski definition) is 3. The average molecular weight is 386 g/mol. The summed E-state index contributed by atoms with van der Waals surface area (Å²) in [5.41, 5.74) is 1.73. The zero-order valence-corrected chi connectivity index (χ0v) is 15.4. The minimum absolute atomic E-state index is 0.214. The number of fused-ring (bicyclic) bond motifs is 1. The van der Waals surface area contributed by atoms with Crippen LogP contribution in [0.5, 0.6) is 0 Å². The number of anilines is 1. The van der Waals surface area contributed by atoms with Gasteiger partial charge in [0.1, 0.15) is 5.82 Å². The minimum Gasteiger partial charge on any atom is -0.350 e. The van der Waals surface area contributed by atoms with Crippen LogP contribution >= 0.6 is 11.3 Å². The molecule has 4 heterocycles. The molecule has 3 aromatic heterocycles. The Morgan fingerprint density at radius 2 is 2.30 bits per heavy atom. The van der Waals surface area contributed by atoms with Crippen molar-refractivity contribution in [3.63, 3.8) is 0 Å². The Balaban J connectivity index is 1.51. The van der Waals surface area contributed by atoms with E-state index in [1.807, 2.05) is 11.4 Å². The standard InChI is InChI=1S/C18H19FN6OS/c19-12-6-11(7-20-9-12)8-23-18-24-14-3-5-27-16(14)15(25-18)17(26)22-10-13-2-1-4-21-13/h3,5-7,9,13,21H,1-2,4,8,10H2,(H,22,26)(H,23,24,25). The largest absolute Gasteiger partial charge is 0.350 e. The molecule has 140 valence electrons. The van der Waals surface area contributed by atoms with Crippen LogP contribution < -0.4 is 16.0 Å². The number of halogens is 1. The number of hydrogen-bond acceptors (Lipinski definition) is 7. The van der Waals surface area contributed by atoms with E-state index in [1.165, 1.54) is 17.4 Å². The molecule has 1 atom stereocenters. The van der Waals surface area contributed by atoms with Gasteiger partial charge in [-0.15, -0.1) is 11.3 Å². The number of nitrogens with zero attached hydrogens (tertiary/aromatic N) is 3. The Morgan fingerprint density at radius 1 is 1.37 bits per heavy atom. The highest BCUT2D eigenvalue weighted by atomic mass is 32.1. The van der Waals surface area contributed by atoms with Gasteiger partial charge in [0.05, 0.1) is 16.4 Å². The maximum Gasteiger partial charge on any atom is 0.271 e. The number of amides is 1. The lowest BCUT2D eigenvalue weighted by molar-refractivity contribution is 0.0947. The van der Waals surface area contributed by atoms with Crippen LogP contribution in [0.15, 0.2) is 29.9 Å². The summed E-state index contributed by atoms with van der Waals surface area (Å²) in [6, 6.07) is 3.56. The molecule has 1 saturated heterocycles. The van der Waals surface area contributed by atoms with Gasteiger partial charge in [-0.2, -0.15) is 0 Å². The van der Waals surface area contributed by atoms with Crippen molar-refractivity contribution in [2.45, 2.75) is 25.4 Å². The Kier molecular flexibility index (Phi) is 5.21. The number of aromatic nitrogens is 3. The van der Waals surface area contributed by atoms with Gasteiger partial charge in [-0.25, -0.2) is 14.4 Å². The number of rotatable bonds is 6. The first-order valence-electron chi connectivity index (χ1n) is 8.79. The van der Waals surface area contributed by atoms with Crippen LogP contribution in [-0.4, -0.2) is 40.0 Å². The first kappa shape index (κ1) is 17.7. The van der Waals surface area contributed by atoms with Crippen LogP contribution in [0.2, 0.25) is 0 Å². The molecular weight excluding hydrogens is 367 g/mol. The van der Waals surface area contributed by atoms with E-state index < -0.39 is 5.82 Å². The fraction of sp³-hybridized carbons (Fsp3) is 0.333. The zero-order chi connectivity index (χ0) is 18.6. The fourth-order valence-electron chi connectivity index (χ4n) is 3.06. The van der Waals surface area contributed by atoms with E-state index in [0.29, 0.717) is 41.9 Å². The SMILES string of the molecule is O=C(NCC1CCCN1)c1nc(NCc2cncc(F)c2)nc2ccsc12. The third kappa shape index (κ3) is 4.20. The number of thiophene rings is 1. The number of nitrogens with one attached hydrogen (secondary N) is 3. The lowest BCUT2D eigenvalue weighted by Crippen LogP contribution is -2.37. The fourth-order valence-corrected chi connectivity index (χ4v) is 3.88. The third-order valence-electron chi connectivity index (χ3n) is 4.40. The molecule has 0 radical (unpaired) electrons. The minimum atomic E-state index is -0.399. The van der Waals surface area contributed by atoms with Gasteiger partial charge in [-0.05, 0) is 42.5 Å². The molecule has 9 heteroatoms. The van der Waals surface area contributed by atoms with E-state index in [-0.39, 0.29) is 5.91 Å². The summed E-state index contributed by atoms with van der Waals surface area (Å²) in [5, 5.41) is 11.2. The molecule has 1 fully saturated rings. The second-order valence-corrected chi connectivity index (χ2v) is 7.32. The molecule has 0 aliphatic carbocycles. The van der Waals surface area contributed by atoms with Gasteiger partial charge < -0.3 is 16.0 Å². The molecule has 1 amide bonds. The van der Waals surface area contributed by atoms with E-state index in [0.717, 1.165) is 30.3 Å². The molecule has 0 saturated carbocycles. The molecule has 0 spiro atoms. The Morgan fingerprint density at radius 3 is 3.11 bits per heavy atom. The quantitative estimate of drug-likeness (QED) is 0.602. The molecule has 1 aliphatic heterocycles. The molecule has 27 heavy (non-hydrogen) atoms. The molecule has 0 bridgehead atoms.